The highest BCUT2D eigenvalue weighted by molar-refractivity contribution is 7.94. The second-order valence-corrected chi connectivity index (χ2v) is 8.38. The largest absolute Gasteiger partial charge is 0.501 e. The fourth-order valence-electron chi connectivity index (χ4n) is 1.80. The van der Waals surface area contributed by atoms with Gasteiger partial charge in [-0.1, -0.05) is 12.1 Å². The molecule has 0 saturated heterocycles. The van der Waals surface area contributed by atoms with Crippen molar-refractivity contribution in [1.29, 1.82) is 0 Å². The van der Waals surface area contributed by atoms with Gasteiger partial charge in [-0.25, -0.2) is 21.6 Å². The quantitative estimate of drug-likeness (QED) is 0.751. The van der Waals surface area contributed by atoms with Crippen molar-refractivity contribution in [2.45, 2.75) is 41.1 Å². The maximum absolute atomic E-state index is 12.7. The zero-order valence-corrected chi connectivity index (χ0v) is 13.7. The molecule has 0 aliphatic heterocycles. The van der Waals surface area contributed by atoms with Crippen LogP contribution in [-0.2, 0) is 19.9 Å². The highest BCUT2D eigenvalue weighted by Gasteiger charge is 2.49. The summed E-state index contributed by atoms with van der Waals surface area (Å²) in [7, 11) is -10.3. The van der Waals surface area contributed by atoms with E-state index in [0.29, 0.717) is 6.07 Å². The lowest BCUT2D eigenvalue weighted by atomic mass is 10.2. The number of nitrogens with one attached hydrogen (secondary N) is 1. The number of hydrogen-bond acceptors (Lipinski definition) is 5. The van der Waals surface area contributed by atoms with Crippen LogP contribution in [0.5, 0.6) is 0 Å². The van der Waals surface area contributed by atoms with E-state index >= 15 is 0 Å². The Morgan fingerprint density at radius 3 is 2.13 bits per heavy atom. The molecule has 0 aliphatic rings. The van der Waals surface area contributed by atoms with Crippen molar-refractivity contribution in [2.24, 2.45) is 0 Å². The molecule has 0 amide bonds. The fourth-order valence-corrected chi connectivity index (χ4v) is 4.67. The highest BCUT2D eigenvalue weighted by atomic mass is 32.2. The van der Waals surface area contributed by atoms with E-state index < -0.39 is 41.2 Å². The van der Waals surface area contributed by atoms with Gasteiger partial charge < -0.3 is 5.11 Å². The molecule has 6 nitrogen and oxygen atoms in total. The molecule has 1 rings (SSSR count). The first-order valence-corrected chi connectivity index (χ1v) is 9.43. The fraction of sp³-hybridized carbons (Fsp3) is 0.500. The molecule has 11 heteroatoms. The normalized spacial score (nSPS) is 14.7. The van der Waals surface area contributed by atoms with Crippen LogP contribution in [0.2, 0.25) is 0 Å². The number of alkyl halides is 3. The van der Waals surface area contributed by atoms with Gasteiger partial charge in [0.05, 0.1) is 4.90 Å². The average Bonchev–Trinajstić information content (AvgIpc) is 2.43. The molecule has 0 radical (unpaired) electrons. The van der Waals surface area contributed by atoms with E-state index in [4.69, 9.17) is 5.11 Å². The molecule has 0 heterocycles. The van der Waals surface area contributed by atoms with Gasteiger partial charge in [0.25, 0.3) is 9.84 Å². The molecule has 0 spiro atoms. The summed E-state index contributed by atoms with van der Waals surface area (Å²) in [5, 5.41) is 8.69. The van der Waals surface area contributed by atoms with Crippen molar-refractivity contribution in [2.75, 3.05) is 6.61 Å². The summed E-state index contributed by atoms with van der Waals surface area (Å²) in [6.07, 6.45) is 0.524. The molecule has 0 saturated carbocycles. The lowest BCUT2D eigenvalue weighted by Crippen LogP contribution is -2.34. The molecule has 0 aromatic heterocycles. The van der Waals surface area contributed by atoms with Crippen LogP contribution in [0.3, 0.4) is 0 Å². The van der Waals surface area contributed by atoms with E-state index in [0.717, 1.165) is 18.2 Å². The number of aliphatic hydroxyl groups excluding tert-OH is 1. The third kappa shape index (κ3) is 4.66. The van der Waals surface area contributed by atoms with Crippen molar-refractivity contribution in [3.05, 3.63) is 24.3 Å². The molecule has 1 aromatic carbocycles. The Labute approximate surface area is 132 Å². The molecule has 0 fully saturated rings. The van der Waals surface area contributed by atoms with E-state index in [9.17, 15) is 30.0 Å². The number of hydrogen-bond donors (Lipinski definition) is 2. The Morgan fingerprint density at radius 2 is 1.65 bits per heavy atom. The smallest absolute Gasteiger partial charge is 0.396 e. The van der Waals surface area contributed by atoms with Crippen LogP contribution < -0.4 is 4.72 Å². The first-order chi connectivity index (χ1) is 10.4. The van der Waals surface area contributed by atoms with Crippen molar-refractivity contribution >= 4 is 19.9 Å². The molecule has 1 atom stereocenters. The summed E-state index contributed by atoms with van der Waals surface area (Å²) in [6, 6.07) is 2.83. The summed E-state index contributed by atoms with van der Waals surface area (Å²) in [4.78, 5) is -2.29. The maximum atomic E-state index is 12.7. The topological polar surface area (TPSA) is 101 Å². The third-order valence-electron chi connectivity index (χ3n) is 2.88. The van der Waals surface area contributed by atoms with Gasteiger partial charge in [0.15, 0.2) is 0 Å². The molecule has 23 heavy (non-hydrogen) atoms. The Morgan fingerprint density at radius 1 is 1.13 bits per heavy atom. The average molecular weight is 375 g/mol. The Hall–Kier alpha value is -1.17. The summed E-state index contributed by atoms with van der Waals surface area (Å²) >= 11 is 0. The summed E-state index contributed by atoms with van der Waals surface area (Å²) in [6.45, 7) is 1.28. The van der Waals surface area contributed by atoms with Crippen molar-refractivity contribution in [3.63, 3.8) is 0 Å². The Bertz CT molecular complexity index is 744. The van der Waals surface area contributed by atoms with Crippen LogP contribution in [0.4, 0.5) is 13.2 Å². The first-order valence-electron chi connectivity index (χ1n) is 6.47. The molecule has 0 bridgehead atoms. The maximum Gasteiger partial charge on any atom is 0.501 e. The molecule has 0 aliphatic carbocycles. The number of sulfonamides is 1. The van der Waals surface area contributed by atoms with Crippen molar-refractivity contribution in [3.8, 4) is 0 Å². The van der Waals surface area contributed by atoms with Crippen LogP contribution in [0.15, 0.2) is 34.1 Å². The van der Waals surface area contributed by atoms with Crippen LogP contribution >= 0.6 is 0 Å². The van der Waals surface area contributed by atoms with E-state index in [1.54, 1.807) is 0 Å². The van der Waals surface area contributed by atoms with Gasteiger partial charge in [0.1, 0.15) is 4.90 Å². The monoisotopic (exact) mass is 375 g/mol. The minimum absolute atomic E-state index is 0.175. The van der Waals surface area contributed by atoms with Gasteiger partial charge in [0, 0.05) is 12.6 Å². The summed E-state index contributed by atoms with van der Waals surface area (Å²) < 4.78 is 87.6. The van der Waals surface area contributed by atoms with Crippen molar-refractivity contribution in [1.82, 2.24) is 4.72 Å². The van der Waals surface area contributed by atoms with Gasteiger partial charge in [-0.2, -0.15) is 13.2 Å². The molecular weight excluding hydrogens is 359 g/mol. The zero-order chi connectivity index (χ0) is 17.9. The van der Waals surface area contributed by atoms with Gasteiger partial charge >= 0.3 is 5.51 Å². The van der Waals surface area contributed by atoms with Gasteiger partial charge in [-0.05, 0) is 31.9 Å². The minimum atomic E-state index is -5.80. The van der Waals surface area contributed by atoms with Gasteiger partial charge in [0.2, 0.25) is 10.0 Å². The second kappa shape index (κ2) is 7.16. The molecular formula is C12H16F3NO5S2. The zero-order valence-electron chi connectivity index (χ0n) is 12.0. The molecule has 132 valence electrons. The van der Waals surface area contributed by atoms with E-state index in [-0.39, 0.29) is 19.4 Å². The number of sulfone groups is 1. The standard InChI is InChI=1S/C12H16F3NO5S2/c1-9(5-4-8-17)16-23(20,21)11-7-3-2-6-10(11)22(18,19)12(13,14)15/h2-3,6-7,9,16-17H,4-5,8H2,1H3/t9-/m1/s1. The lowest BCUT2D eigenvalue weighted by molar-refractivity contribution is -0.0437. The van der Waals surface area contributed by atoms with Crippen molar-refractivity contribution < 1.29 is 35.1 Å². The number of rotatable bonds is 7. The molecule has 1 aromatic rings. The van der Waals surface area contributed by atoms with Crippen LogP contribution in [-0.4, -0.2) is 40.1 Å². The van der Waals surface area contributed by atoms with E-state index in [2.05, 4.69) is 4.72 Å². The Kier molecular flexibility index (Phi) is 6.18. The lowest BCUT2D eigenvalue weighted by Gasteiger charge is -2.16. The summed E-state index contributed by atoms with van der Waals surface area (Å²) in [5.74, 6) is 0. The SMILES string of the molecule is C[C@H](CCCO)NS(=O)(=O)c1ccccc1S(=O)(=O)C(F)(F)F. The molecule has 0 unspecified atom stereocenters. The predicted octanol–water partition coefficient (Wildman–Crippen LogP) is 1.42. The second-order valence-electron chi connectivity index (χ2n) is 4.78. The minimum Gasteiger partial charge on any atom is -0.396 e. The van der Waals surface area contributed by atoms with Crippen LogP contribution in [0.1, 0.15) is 19.8 Å². The van der Waals surface area contributed by atoms with Gasteiger partial charge in [-0.3, -0.25) is 0 Å². The number of aliphatic hydroxyl groups is 1. The Balaban J connectivity index is 3.30. The highest BCUT2D eigenvalue weighted by Crippen LogP contribution is 2.33. The van der Waals surface area contributed by atoms with E-state index in [1.807, 2.05) is 0 Å². The third-order valence-corrected chi connectivity index (χ3v) is 6.21. The summed E-state index contributed by atoms with van der Waals surface area (Å²) in [5.41, 5.74) is -5.61. The van der Waals surface area contributed by atoms with Gasteiger partial charge in [-0.15, -0.1) is 0 Å². The number of benzene rings is 1. The number of halogens is 3. The molecule has 2 N–H and O–H groups in total. The first kappa shape index (κ1) is 19.9. The van der Waals surface area contributed by atoms with Crippen LogP contribution in [0, 0.1) is 0 Å². The van der Waals surface area contributed by atoms with E-state index in [1.165, 1.54) is 6.92 Å². The predicted molar refractivity (Wildman–Crippen MR) is 75.8 cm³/mol. The van der Waals surface area contributed by atoms with Crippen LogP contribution in [0.25, 0.3) is 0 Å².